The normalized spacial score (nSPS) is 10.4. The van der Waals surface area contributed by atoms with Crippen molar-refractivity contribution in [2.75, 3.05) is 11.1 Å². The van der Waals surface area contributed by atoms with Crippen molar-refractivity contribution < 1.29 is 0 Å². The molecule has 0 amide bonds. The lowest BCUT2D eigenvalue weighted by Gasteiger charge is -2.15. The Labute approximate surface area is 147 Å². The number of anilines is 2. The van der Waals surface area contributed by atoms with Crippen LogP contribution in [0.15, 0.2) is 45.8 Å². The molecule has 0 spiro atoms. The van der Waals surface area contributed by atoms with Gasteiger partial charge in [-0.3, -0.25) is 0 Å². The molecule has 0 fully saturated rings. The topological polar surface area (TPSA) is 38.0 Å². The maximum absolute atomic E-state index is 6.12. The van der Waals surface area contributed by atoms with Crippen LogP contribution in [0, 0.1) is 0 Å². The van der Waals surface area contributed by atoms with Crippen molar-refractivity contribution in [3.05, 3.63) is 51.5 Å². The number of benzene rings is 2. The first-order valence-electron chi connectivity index (χ1n) is 6.30. The SMILES string of the molecule is CCSc1cccc(Nc2ccc(Br)c(Cl)c2)c1C(N)=S. The summed E-state index contributed by atoms with van der Waals surface area (Å²) < 4.78 is 0.861. The predicted molar refractivity (Wildman–Crippen MR) is 101 cm³/mol. The van der Waals surface area contributed by atoms with E-state index in [4.69, 9.17) is 29.6 Å². The van der Waals surface area contributed by atoms with E-state index in [1.807, 2.05) is 36.4 Å². The minimum atomic E-state index is 0.386. The van der Waals surface area contributed by atoms with Gasteiger partial charge in [0.05, 0.1) is 5.02 Å². The Bertz CT molecular complexity index is 677. The Balaban J connectivity index is 2.41. The van der Waals surface area contributed by atoms with Gasteiger partial charge in [0.25, 0.3) is 0 Å². The Morgan fingerprint density at radius 2 is 2.14 bits per heavy atom. The van der Waals surface area contributed by atoms with Crippen LogP contribution in [0.4, 0.5) is 11.4 Å². The van der Waals surface area contributed by atoms with Gasteiger partial charge >= 0.3 is 0 Å². The van der Waals surface area contributed by atoms with Crippen LogP contribution in [-0.4, -0.2) is 10.7 Å². The molecule has 6 heteroatoms. The molecule has 0 radical (unpaired) electrons. The number of thiocarbonyl (C=S) groups is 1. The predicted octanol–water partition coefficient (Wildman–Crippen LogP) is 5.59. The molecule has 2 aromatic carbocycles. The summed E-state index contributed by atoms with van der Waals surface area (Å²) in [5.41, 5.74) is 8.55. The average Bonchev–Trinajstić information content (AvgIpc) is 2.43. The van der Waals surface area contributed by atoms with Gasteiger partial charge in [0.2, 0.25) is 0 Å². The maximum atomic E-state index is 6.12. The fraction of sp³-hybridized carbons (Fsp3) is 0.133. The highest BCUT2D eigenvalue weighted by atomic mass is 79.9. The number of thioether (sulfide) groups is 1. The molecule has 0 atom stereocenters. The summed E-state index contributed by atoms with van der Waals surface area (Å²) in [7, 11) is 0. The summed E-state index contributed by atoms with van der Waals surface area (Å²) in [5.74, 6) is 0.961. The fourth-order valence-corrected chi connectivity index (χ4v) is 3.46. The van der Waals surface area contributed by atoms with Crippen LogP contribution in [0.2, 0.25) is 5.02 Å². The molecule has 3 N–H and O–H groups in total. The zero-order chi connectivity index (χ0) is 15.4. The van der Waals surface area contributed by atoms with Crippen LogP contribution in [0.5, 0.6) is 0 Å². The van der Waals surface area contributed by atoms with Crippen molar-refractivity contribution in [1.29, 1.82) is 0 Å². The fourth-order valence-electron chi connectivity index (χ4n) is 1.89. The molecular formula is C15H14BrClN2S2. The monoisotopic (exact) mass is 400 g/mol. The van der Waals surface area contributed by atoms with Gasteiger partial charge < -0.3 is 11.1 Å². The summed E-state index contributed by atoms with van der Waals surface area (Å²) in [6.07, 6.45) is 0. The van der Waals surface area contributed by atoms with E-state index in [2.05, 4.69) is 28.2 Å². The molecule has 2 nitrogen and oxygen atoms in total. The number of rotatable bonds is 5. The summed E-state index contributed by atoms with van der Waals surface area (Å²) in [5, 5.41) is 3.98. The summed E-state index contributed by atoms with van der Waals surface area (Å²) in [6.45, 7) is 2.10. The van der Waals surface area contributed by atoms with Gasteiger partial charge in [-0.1, -0.05) is 36.8 Å². The second-order valence-corrected chi connectivity index (χ2v) is 7.24. The first-order chi connectivity index (χ1) is 10.0. The van der Waals surface area contributed by atoms with Crippen molar-refractivity contribution in [3.8, 4) is 0 Å². The van der Waals surface area contributed by atoms with Crippen molar-refractivity contribution in [3.63, 3.8) is 0 Å². The highest BCUT2D eigenvalue weighted by molar-refractivity contribution is 9.10. The third-order valence-corrected chi connectivity index (χ3v) is 5.15. The second-order valence-electron chi connectivity index (χ2n) is 4.23. The molecule has 21 heavy (non-hydrogen) atoms. The van der Waals surface area contributed by atoms with Gasteiger partial charge in [-0.05, 0) is 52.0 Å². The molecule has 110 valence electrons. The quantitative estimate of drug-likeness (QED) is 0.506. The van der Waals surface area contributed by atoms with E-state index in [1.54, 1.807) is 11.8 Å². The standard InChI is InChI=1S/C15H14BrClN2S2/c1-2-21-13-5-3-4-12(14(13)15(18)20)19-9-6-7-10(16)11(17)8-9/h3-8,19H,2H2,1H3,(H2,18,20). The van der Waals surface area contributed by atoms with E-state index in [9.17, 15) is 0 Å². The van der Waals surface area contributed by atoms with Gasteiger partial charge in [0, 0.05) is 26.3 Å². The lowest BCUT2D eigenvalue weighted by Crippen LogP contribution is -2.13. The third kappa shape index (κ3) is 4.13. The van der Waals surface area contributed by atoms with Gasteiger partial charge in [0.15, 0.2) is 0 Å². The lowest BCUT2D eigenvalue weighted by molar-refractivity contribution is 1.38. The third-order valence-electron chi connectivity index (χ3n) is 2.77. The summed E-state index contributed by atoms with van der Waals surface area (Å²) in [4.78, 5) is 1.47. The molecular weight excluding hydrogens is 388 g/mol. The molecule has 2 rings (SSSR count). The largest absolute Gasteiger partial charge is 0.389 e. The van der Waals surface area contributed by atoms with Crippen molar-refractivity contribution in [1.82, 2.24) is 0 Å². The van der Waals surface area contributed by atoms with E-state index in [-0.39, 0.29) is 0 Å². The first-order valence-corrected chi connectivity index (χ1v) is 8.87. The van der Waals surface area contributed by atoms with Crippen molar-refractivity contribution in [2.45, 2.75) is 11.8 Å². The average molecular weight is 402 g/mol. The van der Waals surface area contributed by atoms with E-state index < -0.39 is 0 Å². The van der Waals surface area contributed by atoms with Gasteiger partial charge in [-0.25, -0.2) is 0 Å². The van der Waals surface area contributed by atoms with E-state index >= 15 is 0 Å². The Morgan fingerprint density at radius 1 is 1.38 bits per heavy atom. The Morgan fingerprint density at radius 3 is 2.76 bits per heavy atom. The lowest BCUT2D eigenvalue weighted by atomic mass is 10.1. The van der Waals surface area contributed by atoms with Crippen LogP contribution in [0.3, 0.4) is 0 Å². The molecule has 0 saturated heterocycles. The Kier molecular flexibility index (Phi) is 5.93. The summed E-state index contributed by atoms with van der Waals surface area (Å²) in [6, 6.07) is 11.7. The highest BCUT2D eigenvalue weighted by Gasteiger charge is 2.11. The molecule has 0 aliphatic rings. The van der Waals surface area contributed by atoms with Gasteiger partial charge in [-0.15, -0.1) is 11.8 Å². The van der Waals surface area contributed by atoms with Crippen LogP contribution in [0.1, 0.15) is 12.5 Å². The van der Waals surface area contributed by atoms with Gasteiger partial charge in [0.1, 0.15) is 4.99 Å². The molecule has 0 aliphatic carbocycles. The maximum Gasteiger partial charge on any atom is 0.107 e. The first kappa shape index (κ1) is 16.6. The molecule has 0 aromatic heterocycles. The van der Waals surface area contributed by atoms with Crippen LogP contribution >= 0.6 is 51.5 Å². The van der Waals surface area contributed by atoms with Crippen LogP contribution in [-0.2, 0) is 0 Å². The molecule has 0 bridgehead atoms. The zero-order valence-electron chi connectivity index (χ0n) is 11.3. The number of hydrogen-bond donors (Lipinski definition) is 2. The van der Waals surface area contributed by atoms with Crippen molar-refractivity contribution >= 4 is 67.9 Å². The second kappa shape index (κ2) is 7.49. The molecule has 0 saturated carbocycles. The van der Waals surface area contributed by atoms with Gasteiger partial charge in [-0.2, -0.15) is 0 Å². The minimum Gasteiger partial charge on any atom is -0.389 e. The smallest absolute Gasteiger partial charge is 0.107 e. The number of hydrogen-bond acceptors (Lipinski definition) is 3. The number of nitrogens with one attached hydrogen (secondary N) is 1. The number of nitrogens with two attached hydrogens (primary N) is 1. The van der Waals surface area contributed by atoms with Crippen LogP contribution in [0.25, 0.3) is 0 Å². The van der Waals surface area contributed by atoms with Crippen LogP contribution < -0.4 is 11.1 Å². The van der Waals surface area contributed by atoms with E-state index in [0.29, 0.717) is 10.0 Å². The van der Waals surface area contributed by atoms with E-state index in [1.165, 1.54) is 0 Å². The Hall–Kier alpha value is -0.750. The van der Waals surface area contributed by atoms with E-state index in [0.717, 1.165) is 32.1 Å². The molecule has 0 heterocycles. The molecule has 0 aliphatic heterocycles. The molecule has 2 aromatic rings. The highest BCUT2D eigenvalue weighted by Crippen LogP contribution is 2.32. The molecule has 0 unspecified atom stereocenters. The van der Waals surface area contributed by atoms with Crippen molar-refractivity contribution in [2.24, 2.45) is 5.73 Å². The number of halogens is 2. The minimum absolute atomic E-state index is 0.386. The summed E-state index contributed by atoms with van der Waals surface area (Å²) >= 11 is 16.4. The zero-order valence-corrected chi connectivity index (χ0v) is 15.3.